The van der Waals surface area contributed by atoms with Crippen molar-refractivity contribution >= 4 is 46.1 Å². The van der Waals surface area contributed by atoms with E-state index in [2.05, 4.69) is 20.6 Å². The second-order valence-electron chi connectivity index (χ2n) is 6.06. The molecule has 0 radical (unpaired) electrons. The van der Waals surface area contributed by atoms with Crippen molar-refractivity contribution in [1.82, 2.24) is 15.3 Å². The maximum atomic E-state index is 13.9. The molecule has 0 atom stereocenters. The Bertz CT molecular complexity index is 923. The van der Waals surface area contributed by atoms with Crippen LogP contribution in [0.1, 0.15) is 34.1 Å². The number of anilines is 1. The lowest BCUT2D eigenvalue weighted by Gasteiger charge is -2.20. The fraction of sp³-hybridized carbons (Fsp3) is 0.278. The molecule has 1 saturated heterocycles. The molecule has 1 aromatic carbocycles. The largest absolute Gasteiger partial charge is 0.317 e. The van der Waals surface area contributed by atoms with Crippen molar-refractivity contribution in [3.8, 4) is 10.6 Å². The molecule has 9 heteroatoms. The summed E-state index contributed by atoms with van der Waals surface area (Å²) in [5.41, 5.74) is 0.672. The topological polar surface area (TPSA) is 66.9 Å². The van der Waals surface area contributed by atoms with Crippen LogP contribution in [0.3, 0.4) is 0 Å². The highest BCUT2D eigenvalue weighted by Gasteiger charge is 2.19. The lowest BCUT2D eigenvalue weighted by atomic mass is 9.97. The number of carbonyl (C=O) groups excluding carboxylic acids is 1. The maximum absolute atomic E-state index is 13.9. The van der Waals surface area contributed by atoms with Crippen LogP contribution in [0.15, 0.2) is 35.8 Å². The third kappa shape index (κ3) is 4.52. The Hall–Kier alpha value is -1.87. The van der Waals surface area contributed by atoms with Gasteiger partial charge in [-0.2, -0.15) is 0 Å². The first kappa shape index (κ1) is 19.9. The van der Waals surface area contributed by atoms with E-state index in [1.165, 1.54) is 33.6 Å². The van der Waals surface area contributed by atoms with Crippen molar-refractivity contribution in [2.75, 3.05) is 18.4 Å². The molecule has 2 aromatic heterocycles. The summed E-state index contributed by atoms with van der Waals surface area (Å²) < 4.78 is 13.9. The van der Waals surface area contributed by atoms with Crippen LogP contribution in [0.4, 0.5) is 9.52 Å². The number of aromatic nitrogens is 2. The minimum Gasteiger partial charge on any atom is -0.317 e. The summed E-state index contributed by atoms with van der Waals surface area (Å²) in [6.07, 6.45) is 4.03. The Labute approximate surface area is 170 Å². The molecule has 0 saturated carbocycles. The van der Waals surface area contributed by atoms with Crippen LogP contribution < -0.4 is 10.6 Å². The Morgan fingerprint density at radius 2 is 2.04 bits per heavy atom. The summed E-state index contributed by atoms with van der Waals surface area (Å²) in [6.45, 7) is 2.03. The van der Waals surface area contributed by atoms with Crippen molar-refractivity contribution in [3.05, 3.63) is 52.2 Å². The molecule has 3 heterocycles. The molecular formula is C18H18ClFN4OS2. The van der Waals surface area contributed by atoms with Gasteiger partial charge in [0.05, 0.1) is 0 Å². The zero-order valence-electron chi connectivity index (χ0n) is 14.3. The fourth-order valence-electron chi connectivity index (χ4n) is 2.94. The molecule has 3 aromatic rings. The number of piperidine rings is 1. The number of carbonyl (C=O) groups is 1. The number of halogens is 2. The molecule has 1 amide bonds. The number of hydrogen-bond donors (Lipinski definition) is 2. The van der Waals surface area contributed by atoms with Crippen LogP contribution in [-0.4, -0.2) is 29.0 Å². The number of hydrogen-bond acceptors (Lipinski definition) is 6. The second kappa shape index (κ2) is 8.88. The Kier molecular flexibility index (Phi) is 6.54. The molecule has 2 N–H and O–H groups in total. The molecule has 0 unspecified atom stereocenters. The number of nitrogens with one attached hydrogen (secondary N) is 2. The summed E-state index contributed by atoms with van der Waals surface area (Å²) in [5, 5.41) is 8.84. The molecule has 1 fully saturated rings. The average molecular weight is 425 g/mol. The number of thiazole rings is 2. The minimum atomic E-state index is -0.347. The molecule has 142 valence electrons. The van der Waals surface area contributed by atoms with Crippen LogP contribution in [0.25, 0.3) is 10.6 Å². The van der Waals surface area contributed by atoms with E-state index in [1.807, 2.05) is 6.20 Å². The van der Waals surface area contributed by atoms with Crippen LogP contribution in [0.2, 0.25) is 0 Å². The number of rotatable bonds is 4. The number of nitrogens with zero attached hydrogens (tertiary/aromatic N) is 2. The monoisotopic (exact) mass is 424 g/mol. The molecule has 5 nitrogen and oxygen atoms in total. The summed E-state index contributed by atoms with van der Waals surface area (Å²) in [4.78, 5) is 22.2. The number of amides is 1. The predicted molar refractivity (Wildman–Crippen MR) is 110 cm³/mol. The van der Waals surface area contributed by atoms with Crippen molar-refractivity contribution in [3.63, 3.8) is 0 Å². The van der Waals surface area contributed by atoms with E-state index in [1.54, 1.807) is 23.6 Å². The minimum absolute atomic E-state index is 0. The van der Waals surface area contributed by atoms with Crippen molar-refractivity contribution in [2.24, 2.45) is 0 Å². The lowest BCUT2D eigenvalue weighted by Crippen LogP contribution is -2.26. The normalized spacial score (nSPS) is 14.6. The summed E-state index contributed by atoms with van der Waals surface area (Å²) in [7, 11) is 0. The van der Waals surface area contributed by atoms with E-state index in [0.29, 0.717) is 21.6 Å². The first-order valence-corrected chi connectivity index (χ1v) is 10.1. The molecule has 1 aliphatic heterocycles. The van der Waals surface area contributed by atoms with Gasteiger partial charge in [-0.1, -0.05) is 12.1 Å². The first-order valence-electron chi connectivity index (χ1n) is 8.39. The highest BCUT2D eigenvalue weighted by Crippen LogP contribution is 2.32. The predicted octanol–water partition coefficient (Wildman–Crippen LogP) is 4.55. The van der Waals surface area contributed by atoms with Gasteiger partial charge in [0.1, 0.15) is 16.5 Å². The Morgan fingerprint density at radius 1 is 1.26 bits per heavy atom. The smallest absolute Gasteiger partial charge is 0.276 e. The van der Waals surface area contributed by atoms with Crippen molar-refractivity contribution in [2.45, 2.75) is 18.8 Å². The van der Waals surface area contributed by atoms with Crippen molar-refractivity contribution < 1.29 is 9.18 Å². The second-order valence-corrected chi connectivity index (χ2v) is 7.98. The van der Waals surface area contributed by atoms with E-state index in [9.17, 15) is 9.18 Å². The zero-order valence-corrected chi connectivity index (χ0v) is 16.7. The van der Waals surface area contributed by atoms with Crippen LogP contribution in [0.5, 0.6) is 0 Å². The van der Waals surface area contributed by atoms with Gasteiger partial charge in [0.2, 0.25) is 0 Å². The van der Waals surface area contributed by atoms with Crippen LogP contribution in [0, 0.1) is 5.82 Å². The van der Waals surface area contributed by atoms with E-state index >= 15 is 0 Å². The van der Waals surface area contributed by atoms with Gasteiger partial charge in [-0.25, -0.2) is 14.4 Å². The molecule has 27 heavy (non-hydrogen) atoms. The molecular weight excluding hydrogens is 407 g/mol. The third-order valence-corrected chi connectivity index (χ3v) is 6.28. The molecule has 0 spiro atoms. The third-order valence-electron chi connectivity index (χ3n) is 4.33. The number of benzene rings is 1. The summed E-state index contributed by atoms with van der Waals surface area (Å²) >= 11 is 2.76. The van der Waals surface area contributed by atoms with Crippen LogP contribution >= 0.6 is 35.1 Å². The highest BCUT2D eigenvalue weighted by molar-refractivity contribution is 7.16. The van der Waals surface area contributed by atoms with Gasteiger partial charge in [-0.15, -0.1) is 35.1 Å². The SMILES string of the molecule is Cl.O=C(Nc1ncc(C2CCNCC2)s1)c1csc(-c2ccccc2F)n1. The van der Waals surface area contributed by atoms with E-state index in [0.717, 1.165) is 25.9 Å². The van der Waals surface area contributed by atoms with Crippen molar-refractivity contribution in [1.29, 1.82) is 0 Å². The Morgan fingerprint density at radius 3 is 2.81 bits per heavy atom. The quantitative estimate of drug-likeness (QED) is 0.644. The molecule has 0 aliphatic carbocycles. The van der Waals surface area contributed by atoms with E-state index in [-0.39, 0.29) is 29.8 Å². The maximum Gasteiger partial charge on any atom is 0.276 e. The average Bonchev–Trinajstić information content (AvgIpc) is 3.33. The van der Waals surface area contributed by atoms with Gasteiger partial charge < -0.3 is 5.32 Å². The van der Waals surface area contributed by atoms with E-state index < -0.39 is 0 Å². The zero-order chi connectivity index (χ0) is 17.9. The molecule has 4 rings (SSSR count). The first-order chi connectivity index (χ1) is 12.7. The van der Waals surface area contributed by atoms with Gasteiger partial charge >= 0.3 is 0 Å². The molecule has 0 bridgehead atoms. The van der Waals surface area contributed by atoms with Gasteiger partial charge in [0.25, 0.3) is 5.91 Å². The fourth-order valence-corrected chi connectivity index (χ4v) is 4.74. The Balaban J connectivity index is 0.00000210. The highest BCUT2D eigenvalue weighted by atomic mass is 35.5. The lowest BCUT2D eigenvalue weighted by molar-refractivity contribution is 0.102. The van der Waals surface area contributed by atoms with Gasteiger partial charge in [-0.3, -0.25) is 10.1 Å². The van der Waals surface area contributed by atoms with Gasteiger partial charge in [0, 0.05) is 22.0 Å². The molecule has 1 aliphatic rings. The van der Waals surface area contributed by atoms with Crippen LogP contribution in [-0.2, 0) is 0 Å². The van der Waals surface area contributed by atoms with Gasteiger partial charge in [0.15, 0.2) is 5.13 Å². The standard InChI is InChI=1S/C18H17FN4OS2.ClH/c19-13-4-2-1-3-12(13)17-22-14(10-25-17)16(24)23-18-21-9-15(26-18)11-5-7-20-8-6-11;/h1-4,9-11,20H,5-8H2,(H,21,23,24);1H. The summed E-state index contributed by atoms with van der Waals surface area (Å²) in [5.74, 6) is -0.165. The van der Waals surface area contributed by atoms with E-state index in [4.69, 9.17) is 0 Å². The van der Waals surface area contributed by atoms with Gasteiger partial charge in [-0.05, 0) is 44.0 Å². The summed E-state index contributed by atoms with van der Waals surface area (Å²) in [6, 6.07) is 6.41.